The van der Waals surface area contributed by atoms with Crippen LogP contribution in [0.4, 0.5) is 4.39 Å². The van der Waals surface area contributed by atoms with Gasteiger partial charge in [0.25, 0.3) is 0 Å². The Labute approximate surface area is 126 Å². The van der Waals surface area contributed by atoms with Crippen LogP contribution in [0.3, 0.4) is 0 Å². The van der Waals surface area contributed by atoms with Crippen molar-refractivity contribution in [2.75, 3.05) is 0 Å². The van der Waals surface area contributed by atoms with E-state index in [-0.39, 0.29) is 5.82 Å². The van der Waals surface area contributed by atoms with E-state index in [1.54, 1.807) is 18.2 Å². The van der Waals surface area contributed by atoms with Crippen LogP contribution in [-0.4, -0.2) is 10.1 Å². The van der Waals surface area contributed by atoms with Gasteiger partial charge in [-0.15, -0.1) is 11.3 Å². The maximum Gasteiger partial charge on any atom is 0.132 e. The van der Waals surface area contributed by atoms with Gasteiger partial charge in [0.15, 0.2) is 0 Å². The largest absolute Gasteiger partial charge is 0.381 e. The first kappa shape index (κ1) is 13.9. The Hall–Kier alpha value is -2.04. The molecular formula is C17H14FNOS. The predicted molar refractivity (Wildman–Crippen MR) is 82.7 cm³/mol. The molecular weight excluding hydrogens is 285 g/mol. The van der Waals surface area contributed by atoms with E-state index in [0.29, 0.717) is 16.3 Å². The quantitative estimate of drug-likeness (QED) is 0.780. The Kier molecular flexibility index (Phi) is 3.82. The minimum Gasteiger partial charge on any atom is -0.381 e. The van der Waals surface area contributed by atoms with Gasteiger partial charge in [0.05, 0.1) is 5.69 Å². The van der Waals surface area contributed by atoms with Crippen LogP contribution in [0.5, 0.6) is 0 Å². The molecule has 3 aromatic rings. The molecule has 0 radical (unpaired) electrons. The summed E-state index contributed by atoms with van der Waals surface area (Å²) in [7, 11) is 0. The molecule has 0 aliphatic rings. The molecule has 3 rings (SSSR count). The smallest absolute Gasteiger partial charge is 0.132 e. The Morgan fingerprint density at radius 3 is 2.43 bits per heavy atom. The van der Waals surface area contributed by atoms with E-state index < -0.39 is 6.10 Å². The predicted octanol–water partition coefficient (Wildman–Crippen LogP) is 4.34. The van der Waals surface area contributed by atoms with Gasteiger partial charge in [-0.1, -0.05) is 42.5 Å². The van der Waals surface area contributed by atoms with Crippen molar-refractivity contribution in [2.45, 2.75) is 13.0 Å². The first-order chi connectivity index (χ1) is 10.2. The molecule has 0 saturated carbocycles. The van der Waals surface area contributed by atoms with Gasteiger partial charge in [0.2, 0.25) is 0 Å². The van der Waals surface area contributed by atoms with E-state index in [2.05, 4.69) is 4.98 Å². The van der Waals surface area contributed by atoms with Crippen LogP contribution in [0.2, 0.25) is 0 Å². The van der Waals surface area contributed by atoms with Crippen molar-refractivity contribution in [3.05, 3.63) is 75.9 Å². The Balaban J connectivity index is 2.01. The fraction of sp³-hybridized carbons (Fsp3) is 0.118. The number of rotatable bonds is 3. The second-order valence-electron chi connectivity index (χ2n) is 4.75. The van der Waals surface area contributed by atoms with Gasteiger partial charge in [0, 0.05) is 10.4 Å². The lowest BCUT2D eigenvalue weighted by molar-refractivity contribution is 0.220. The standard InChI is InChI=1S/C17H14FNOS/c1-11-15(13-9-5-6-10-14(13)18)19-17(21-11)16(20)12-7-3-2-4-8-12/h2-10,16,20H,1H3. The summed E-state index contributed by atoms with van der Waals surface area (Å²) in [5.41, 5.74) is 1.85. The molecule has 0 bridgehead atoms. The molecule has 0 amide bonds. The molecule has 1 N–H and O–H groups in total. The van der Waals surface area contributed by atoms with Crippen LogP contribution in [0, 0.1) is 12.7 Å². The molecule has 0 aliphatic heterocycles. The molecule has 106 valence electrons. The van der Waals surface area contributed by atoms with E-state index in [4.69, 9.17) is 0 Å². The SMILES string of the molecule is Cc1sc(C(O)c2ccccc2)nc1-c1ccccc1F. The van der Waals surface area contributed by atoms with Crippen LogP contribution in [0.15, 0.2) is 54.6 Å². The molecule has 0 spiro atoms. The van der Waals surface area contributed by atoms with Crippen LogP contribution in [0.25, 0.3) is 11.3 Å². The normalized spacial score (nSPS) is 12.3. The fourth-order valence-corrected chi connectivity index (χ4v) is 3.17. The maximum absolute atomic E-state index is 13.9. The number of aryl methyl sites for hydroxylation is 1. The topological polar surface area (TPSA) is 33.1 Å². The molecule has 0 aliphatic carbocycles. The molecule has 0 fully saturated rings. The van der Waals surface area contributed by atoms with Crippen molar-refractivity contribution in [1.29, 1.82) is 0 Å². The summed E-state index contributed by atoms with van der Waals surface area (Å²) in [6.07, 6.45) is -0.782. The number of hydrogen-bond donors (Lipinski definition) is 1. The van der Waals surface area contributed by atoms with Gasteiger partial charge in [-0.05, 0) is 24.6 Å². The molecule has 1 atom stereocenters. The van der Waals surface area contributed by atoms with Crippen molar-refractivity contribution in [1.82, 2.24) is 4.98 Å². The third-order valence-corrected chi connectivity index (χ3v) is 4.31. The zero-order chi connectivity index (χ0) is 14.8. The third-order valence-electron chi connectivity index (χ3n) is 3.29. The number of aliphatic hydroxyl groups excluding tert-OH is 1. The number of aliphatic hydroxyl groups is 1. The fourth-order valence-electron chi connectivity index (χ4n) is 2.21. The number of nitrogens with zero attached hydrogens (tertiary/aromatic N) is 1. The second-order valence-corrected chi connectivity index (χ2v) is 5.98. The van der Waals surface area contributed by atoms with Crippen LogP contribution in [-0.2, 0) is 0 Å². The lowest BCUT2D eigenvalue weighted by Gasteiger charge is -2.06. The highest BCUT2D eigenvalue weighted by Crippen LogP contribution is 2.33. The zero-order valence-electron chi connectivity index (χ0n) is 11.5. The monoisotopic (exact) mass is 299 g/mol. The van der Waals surface area contributed by atoms with Crippen molar-refractivity contribution < 1.29 is 9.50 Å². The lowest BCUT2D eigenvalue weighted by atomic mass is 10.1. The van der Waals surface area contributed by atoms with Crippen LogP contribution >= 0.6 is 11.3 Å². The van der Waals surface area contributed by atoms with E-state index in [1.807, 2.05) is 37.3 Å². The number of benzene rings is 2. The second kappa shape index (κ2) is 5.76. The molecule has 1 unspecified atom stereocenters. The summed E-state index contributed by atoms with van der Waals surface area (Å²) in [6, 6.07) is 15.9. The van der Waals surface area contributed by atoms with Gasteiger partial charge in [-0.3, -0.25) is 0 Å². The average molecular weight is 299 g/mol. The summed E-state index contributed by atoms with van der Waals surface area (Å²) < 4.78 is 13.9. The summed E-state index contributed by atoms with van der Waals surface area (Å²) >= 11 is 1.39. The summed E-state index contributed by atoms with van der Waals surface area (Å²) in [5, 5.41) is 11.0. The number of thiazole rings is 1. The molecule has 1 aromatic heterocycles. The molecule has 0 saturated heterocycles. The molecule has 1 heterocycles. The van der Waals surface area contributed by atoms with E-state index >= 15 is 0 Å². The van der Waals surface area contributed by atoms with Crippen LogP contribution in [0.1, 0.15) is 21.6 Å². The van der Waals surface area contributed by atoms with E-state index in [1.165, 1.54) is 17.4 Å². The zero-order valence-corrected chi connectivity index (χ0v) is 12.3. The first-order valence-electron chi connectivity index (χ1n) is 6.62. The Morgan fingerprint density at radius 2 is 1.71 bits per heavy atom. The lowest BCUT2D eigenvalue weighted by Crippen LogP contribution is -1.98. The van der Waals surface area contributed by atoms with Gasteiger partial charge in [0.1, 0.15) is 16.9 Å². The molecule has 21 heavy (non-hydrogen) atoms. The highest BCUT2D eigenvalue weighted by atomic mass is 32.1. The van der Waals surface area contributed by atoms with Gasteiger partial charge >= 0.3 is 0 Å². The van der Waals surface area contributed by atoms with Crippen molar-refractivity contribution in [3.8, 4) is 11.3 Å². The van der Waals surface area contributed by atoms with Gasteiger partial charge < -0.3 is 5.11 Å². The first-order valence-corrected chi connectivity index (χ1v) is 7.43. The minimum absolute atomic E-state index is 0.299. The Bertz CT molecular complexity index is 754. The van der Waals surface area contributed by atoms with E-state index in [0.717, 1.165) is 10.4 Å². The van der Waals surface area contributed by atoms with Crippen molar-refractivity contribution in [3.63, 3.8) is 0 Å². The maximum atomic E-state index is 13.9. The van der Waals surface area contributed by atoms with Gasteiger partial charge in [-0.25, -0.2) is 9.37 Å². The highest BCUT2D eigenvalue weighted by Gasteiger charge is 2.19. The summed E-state index contributed by atoms with van der Waals surface area (Å²) in [5.74, 6) is -0.299. The summed E-state index contributed by atoms with van der Waals surface area (Å²) in [6.45, 7) is 1.89. The number of hydrogen-bond acceptors (Lipinski definition) is 3. The number of halogens is 1. The van der Waals surface area contributed by atoms with Crippen molar-refractivity contribution in [2.24, 2.45) is 0 Å². The van der Waals surface area contributed by atoms with Gasteiger partial charge in [-0.2, -0.15) is 0 Å². The van der Waals surface area contributed by atoms with E-state index in [9.17, 15) is 9.50 Å². The summed E-state index contributed by atoms with van der Waals surface area (Å²) in [4.78, 5) is 5.34. The third kappa shape index (κ3) is 2.73. The minimum atomic E-state index is -0.782. The molecule has 2 aromatic carbocycles. The molecule has 4 heteroatoms. The van der Waals surface area contributed by atoms with Crippen molar-refractivity contribution >= 4 is 11.3 Å². The Morgan fingerprint density at radius 1 is 1.05 bits per heavy atom. The highest BCUT2D eigenvalue weighted by molar-refractivity contribution is 7.12. The number of aromatic nitrogens is 1. The van der Waals surface area contributed by atoms with Crippen LogP contribution < -0.4 is 0 Å². The average Bonchev–Trinajstić information content (AvgIpc) is 2.90. The molecule has 2 nitrogen and oxygen atoms in total.